The Morgan fingerprint density at radius 2 is 1.02 bits per heavy atom. The molecule has 0 amide bonds. The molecule has 468 valence electrons. The number of cyclic esters (lactones) is 1. The van der Waals surface area contributed by atoms with Gasteiger partial charge in [-0.1, -0.05) is 178 Å². The molecule has 8 heterocycles. The van der Waals surface area contributed by atoms with Crippen LogP contribution < -0.4 is 0 Å². The summed E-state index contributed by atoms with van der Waals surface area (Å²) in [6, 6.07) is 16.3. The first-order chi connectivity index (χ1) is 38.5. The Morgan fingerprint density at radius 3 is 1.33 bits per heavy atom. The molecule has 2 aliphatic rings. The molecule has 6 aromatic heterocycles. The predicted octanol–water partition coefficient (Wildman–Crippen LogP) is 17.6. The van der Waals surface area contributed by atoms with Gasteiger partial charge in [0.1, 0.15) is 29.9 Å². The maximum absolute atomic E-state index is 10.6. The number of ether oxygens (including phenoxy) is 1. The van der Waals surface area contributed by atoms with Gasteiger partial charge in [-0.05, 0) is 119 Å². The number of nitrogens with one attached hydrogen (secondary N) is 1. The summed E-state index contributed by atoms with van der Waals surface area (Å²) in [6.45, 7) is 66.5. The number of H-pyrrole nitrogens is 1. The lowest BCUT2D eigenvalue weighted by Gasteiger charge is -2.23. The van der Waals surface area contributed by atoms with Gasteiger partial charge in [-0.25, -0.2) is 39.7 Å². The van der Waals surface area contributed by atoms with E-state index in [0.717, 1.165) is 63.9 Å². The summed E-state index contributed by atoms with van der Waals surface area (Å²) in [5, 5.41) is 0. The Hall–Kier alpha value is -6.63. The number of rotatable bonds is 0. The Kier molecular flexibility index (Phi) is 28.9. The lowest BCUT2D eigenvalue weighted by atomic mass is 9.84. The monoisotopic (exact) mass is 1160 g/mol. The van der Waals surface area contributed by atoms with E-state index in [4.69, 9.17) is 4.74 Å². The van der Waals surface area contributed by atoms with Crippen LogP contribution in [-0.4, -0.2) is 74.2 Å². The fourth-order valence-electron chi connectivity index (χ4n) is 7.51. The van der Waals surface area contributed by atoms with Crippen LogP contribution in [0.15, 0.2) is 108 Å². The number of nitrogens with zero attached hydrogens (tertiary/aromatic N) is 10. The number of imidazole rings is 1. The van der Waals surface area contributed by atoms with Crippen LogP contribution in [-0.2, 0) is 42.0 Å². The van der Waals surface area contributed by atoms with Gasteiger partial charge in [-0.2, -0.15) is 0 Å². The Balaban J connectivity index is 0.000000486. The summed E-state index contributed by atoms with van der Waals surface area (Å²) in [5.74, 6) is 2.53. The molecule has 85 heavy (non-hydrogen) atoms. The van der Waals surface area contributed by atoms with Gasteiger partial charge in [-0.15, -0.1) is 0 Å². The third-order valence-corrected chi connectivity index (χ3v) is 12.8. The number of hydrogen-bond acceptors (Lipinski definition) is 12. The molecule has 0 saturated heterocycles. The first-order valence-corrected chi connectivity index (χ1v) is 29.9. The molecule has 13 nitrogen and oxygen atoms in total. The second kappa shape index (κ2) is 32.2. The molecule has 8 rings (SSSR count). The molecule has 13 heteroatoms. The van der Waals surface area contributed by atoms with Gasteiger partial charge >= 0.3 is 5.97 Å². The summed E-state index contributed by atoms with van der Waals surface area (Å²) < 4.78 is 4.98. The topological polar surface area (TPSA) is 170 Å². The Morgan fingerprint density at radius 1 is 0.482 bits per heavy atom. The Bertz CT molecular complexity index is 2750. The standard InChI is InChI=1S/2C10H15N.3C9H14N2.C9H15N.C8H14N2.C8H12O2/c1-8-7-9(5-6-11-8)10(2,3)4;1-8-6-5-7-9(11-8)10(2,3)4;1-7-5-8(9(2,3)4)11-6-10-7;1-7-10-6-5-8(11-7)9(2,3)4;1-7-5-6-10-8(11-7)9(2,3)4;1-7-8(5-6-10-7)9(2,3)4;1-6-9-5-7(10-6)8(2,3)4;1-8(2,3)6-4-5-7(9)10-6/h2*5-7H,1-4H3;3*5-6H,1-4H3;5H,6H2,1-4H3;5H,1-4H3,(H,9,10);4-6H,1-3H3. The average molecular weight is 1160 g/mol. The smallest absolute Gasteiger partial charge is 0.331 e. The van der Waals surface area contributed by atoms with Gasteiger partial charge in [-0.3, -0.25) is 15.0 Å². The zero-order valence-electron chi connectivity index (χ0n) is 58.8. The summed E-state index contributed by atoms with van der Waals surface area (Å²) in [6.07, 6.45) is 14.5. The molecule has 1 N–H and O–H groups in total. The van der Waals surface area contributed by atoms with E-state index in [9.17, 15) is 4.79 Å². The van der Waals surface area contributed by atoms with Crippen molar-refractivity contribution in [2.45, 2.75) is 253 Å². The number of aliphatic imine (C=N–C) groups is 1. The zero-order chi connectivity index (χ0) is 65.7. The number of pyridine rings is 2. The third-order valence-electron chi connectivity index (χ3n) is 12.8. The van der Waals surface area contributed by atoms with E-state index in [1.807, 2.05) is 117 Å². The summed E-state index contributed by atoms with van der Waals surface area (Å²) in [7, 11) is 0. The van der Waals surface area contributed by atoms with Crippen molar-refractivity contribution in [2.75, 3.05) is 6.54 Å². The number of hydrogen-bond donors (Lipinski definition) is 1. The molecule has 6 aromatic rings. The number of carbonyl (C=O) groups is 1. The predicted molar refractivity (Wildman–Crippen MR) is 358 cm³/mol. The molecule has 1 unspecified atom stereocenters. The molecule has 1 atom stereocenters. The Labute approximate surface area is 516 Å². The van der Waals surface area contributed by atoms with Crippen molar-refractivity contribution in [3.8, 4) is 0 Å². The van der Waals surface area contributed by atoms with E-state index < -0.39 is 0 Å². The molecule has 0 fully saturated rings. The van der Waals surface area contributed by atoms with Crippen LogP contribution in [0.25, 0.3) is 0 Å². The van der Waals surface area contributed by atoms with E-state index >= 15 is 0 Å². The average Bonchev–Trinajstić information content (AvgIpc) is 4.23. The van der Waals surface area contributed by atoms with Crippen molar-refractivity contribution in [2.24, 2.45) is 15.8 Å². The lowest BCUT2D eigenvalue weighted by molar-refractivity contribution is -0.142. The third kappa shape index (κ3) is 30.8. The van der Waals surface area contributed by atoms with Crippen LogP contribution in [0.4, 0.5) is 0 Å². The van der Waals surface area contributed by atoms with Gasteiger partial charge in [0.25, 0.3) is 0 Å². The SMILES string of the molecule is CC(C)(C)C1C=CC(=O)O1.CC1=NCC=C1C(C)(C)C.Cc1cc(C(C)(C)C)ccn1.Cc1cc(C(C)(C)C)ncn1.Cc1cccc(C(C)(C)C)n1.Cc1ccnc(C(C)(C)C)n1.Cc1ncc(C(C)(C)C)[nH]1.Cc1nccc(C(C)(C)C)n1. The van der Waals surface area contributed by atoms with Crippen molar-refractivity contribution in [1.29, 1.82) is 0 Å². The number of aromatic amines is 1. The molecule has 0 aromatic carbocycles. The van der Waals surface area contributed by atoms with Crippen molar-refractivity contribution in [1.82, 2.24) is 49.8 Å². The normalized spacial score (nSPS) is 14.1. The first-order valence-electron chi connectivity index (χ1n) is 29.9. The lowest BCUT2D eigenvalue weighted by Crippen LogP contribution is -2.25. The van der Waals surface area contributed by atoms with E-state index in [1.165, 1.54) is 28.6 Å². The fourth-order valence-corrected chi connectivity index (χ4v) is 7.51. The minimum Gasteiger partial charge on any atom is -0.454 e. The van der Waals surface area contributed by atoms with E-state index in [0.29, 0.717) is 0 Å². The maximum Gasteiger partial charge on any atom is 0.331 e. The highest BCUT2D eigenvalue weighted by atomic mass is 16.5. The van der Waals surface area contributed by atoms with Crippen LogP contribution in [0, 0.1) is 52.4 Å². The van der Waals surface area contributed by atoms with Crippen molar-refractivity contribution < 1.29 is 9.53 Å². The van der Waals surface area contributed by atoms with Gasteiger partial charge < -0.3 is 9.72 Å². The van der Waals surface area contributed by atoms with E-state index in [1.54, 1.807) is 6.33 Å². The quantitative estimate of drug-likeness (QED) is 0.144. The summed E-state index contributed by atoms with van der Waals surface area (Å²) in [5.41, 5.74) is 14.0. The first kappa shape index (κ1) is 76.4. The zero-order valence-corrected chi connectivity index (χ0v) is 58.8. The molecular formula is C72H113N11O2. The molecule has 0 spiro atoms. The van der Waals surface area contributed by atoms with Crippen LogP contribution in [0.1, 0.15) is 242 Å². The van der Waals surface area contributed by atoms with Crippen molar-refractivity contribution >= 4 is 11.7 Å². The number of allylic oxidation sites excluding steroid dienone is 1. The second-order valence-corrected chi connectivity index (χ2v) is 30.2. The highest BCUT2D eigenvalue weighted by molar-refractivity contribution is 6.00. The molecule has 2 aliphatic heterocycles. The van der Waals surface area contributed by atoms with Crippen LogP contribution in [0.2, 0.25) is 0 Å². The summed E-state index contributed by atoms with van der Waals surface area (Å²) >= 11 is 0. The highest BCUT2D eigenvalue weighted by Gasteiger charge is 2.29. The molecule has 0 saturated carbocycles. The molecular weight excluding hydrogens is 1050 g/mol. The van der Waals surface area contributed by atoms with E-state index in [-0.39, 0.29) is 55.4 Å². The van der Waals surface area contributed by atoms with Crippen LogP contribution in [0.5, 0.6) is 0 Å². The minimum atomic E-state index is -0.222. The van der Waals surface area contributed by atoms with E-state index in [2.05, 4.69) is 237 Å². The van der Waals surface area contributed by atoms with Gasteiger partial charge in [0.15, 0.2) is 0 Å². The fraction of sp³-hybridized carbons (Fsp3) is 0.569. The number of aromatic nitrogens is 10. The summed E-state index contributed by atoms with van der Waals surface area (Å²) in [4.78, 5) is 56.0. The highest BCUT2D eigenvalue weighted by Crippen LogP contribution is 2.29. The maximum atomic E-state index is 10.6. The van der Waals surface area contributed by atoms with Gasteiger partial charge in [0.05, 0.1) is 6.54 Å². The van der Waals surface area contributed by atoms with Gasteiger partial charge in [0.2, 0.25) is 0 Å². The van der Waals surface area contributed by atoms with Crippen molar-refractivity contribution in [3.63, 3.8) is 0 Å². The second-order valence-electron chi connectivity index (χ2n) is 30.2. The van der Waals surface area contributed by atoms with Crippen LogP contribution in [0.3, 0.4) is 0 Å². The van der Waals surface area contributed by atoms with Crippen molar-refractivity contribution in [3.05, 3.63) is 172 Å². The molecule has 0 bridgehead atoms. The minimum absolute atomic E-state index is 0.0304. The van der Waals surface area contributed by atoms with Gasteiger partial charge in [0, 0.05) is 115 Å². The largest absolute Gasteiger partial charge is 0.454 e. The molecule has 0 aliphatic carbocycles. The molecule has 0 radical (unpaired) electrons. The number of carbonyl (C=O) groups excluding carboxylic acids is 1. The number of aryl methyl sites for hydroxylation is 6. The number of esters is 1. The van der Waals surface area contributed by atoms with Crippen LogP contribution >= 0.6 is 0 Å².